The Morgan fingerprint density at radius 1 is 1.29 bits per heavy atom. The molecule has 0 aliphatic heterocycles. The van der Waals surface area contributed by atoms with Gasteiger partial charge in [-0.15, -0.1) is 11.3 Å². The maximum absolute atomic E-state index is 5.68. The topological polar surface area (TPSA) is 34.1 Å². The first kappa shape index (κ1) is 16.0. The van der Waals surface area contributed by atoms with Gasteiger partial charge < -0.3 is 10.1 Å². The first-order valence-electron chi connectivity index (χ1n) is 7.64. The molecule has 1 aromatic carbocycles. The normalized spacial score (nSPS) is 12.3. The van der Waals surface area contributed by atoms with Crippen LogP contribution in [0.25, 0.3) is 11.3 Å². The van der Waals surface area contributed by atoms with Gasteiger partial charge in [0.25, 0.3) is 0 Å². The predicted octanol–water partition coefficient (Wildman–Crippen LogP) is 4.14. The molecule has 1 N–H and O–H groups in total. The van der Waals surface area contributed by atoms with Crippen LogP contribution in [0.3, 0.4) is 0 Å². The molecule has 3 nitrogen and oxygen atoms in total. The molecule has 1 unspecified atom stereocenters. The number of rotatable bonds is 8. The van der Waals surface area contributed by atoms with Gasteiger partial charge in [-0.25, -0.2) is 4.98 Å². The maximum atomic E-state index is 5.68. The van der Waals surface area contributed by atoms with Crippen molar-refractivity contribution in [2.75, 3.05) is 13.2 Å². The summed E-state index contributed by atoms with van der Waals surface area (Å²) in [5.41, 5.74) is 2.10. The Balaban J connectivity index is 2.02. The second-order valence-electron chi connectivity index (χ2n) is 5.07. The zero-order valence-corrected chi connectivity index (χ0v) is 13.9. The van der Waals surface area contributed by atoms with Crippen LogP contribution in [0.15, 0.2) is 29.6 Å². The van der Waals surface area contributed by atoms with Crippen LogP contribution in [0.1, 0.15) is 32.2 Å². The van der Waals surface area contributed by atoms with Crippen molar-refractivity contribution in [1.82, 2.24) is 10.3 Å². The number of benzene rings is 1. The predicted molar refractivity (Wildman–Crippen MR) is 90.2 cm³/mol. The number of hydrogen-bond donors (Lipinski definition) is 1. The fourth-order valence-electron chi connectivity index (χ4n) is 2.08. The van der Waals surface area contributed by atoms with E-state index in [2.05, 4.69) is 30.6 Å². The molecule has 2 aromatic rings. The van der Waals surface area contributed by atoms with Gasteiger partial charge in [-0.05, 0) is 32.4 Å². The zero-order valence-electron chi connectivity index (χ0n) is 13.1. The van der Waals surface area contributed by atoms with E-state index in [4.69, 9.17) is 9.72 Å². The lowest BCUT2D eigenvalue weighted by atomic mass is 10.1. The summed E-state index contributed by atoms with van der Waals surface area (Å²) in [6.07, 6.45) is 2.14. The lowest BCUT2D eigenvalue weighted by molar-refractivity contribution is 0.341. The molecule has 1 heterocycles. The summed E-state index contributed by atoms with van der Waals surface area (Å²) >= 11 is 1.72. The number of ether oxygens (including phenoxy) is 1. The van der Waals surface area contributed by atoms with Crippen LogP contribution in [-0.4, -0.2) is 24.2 Å². The minimum atomic E-state index is 0.572. The molecule has 1 aromatic heterocycles. The van der Waals surface area contributed by atoms with E-state index in [1.807, 2.05) is 25.1 Å². The minimum Gasteiger partial charge on any atom is -0.493 e. The molecule has 0 bridgehead atoms. The molecule has 21 heavy (non-hydrogen) atoms. The van der Waals surface area contributed by atoms with Crippen molar-refractivity contribution in [3.8, 4) is 17.0 Å². The van der Waals surface area contributed by atoms with E-state index in [0.717, 1.165) is 36.4 Å². The Morgan fingerprint density at radius 3 is 2.86 bits per heavy atom. The SMILES string of the molecule is CCOc1ccccc1-c1csc(CCNC(C)CC)n1. The second kappa shape index (κ2) is 8.15. The van der Waals surface area contributed by atoms with Crippen LogP contribution in [0, 0.1) is 0 Å². The highest BCUT2D eigenvalue weighted by Gasteiger charge is 2.09. The number of nitrogens with one attached hydrogen (secondary N) is 1. The molecule has 4 heteroatoms. The Bertz CT molecular complexity index is 553. The van der Waals surface area contributed by atoms with Crippen molar-refractivity contribution in [3.05, 3.63) is 34.7 Å². The van der Waals surface area contributed by atoms with Crippen molar-refractivity contribution in [2.45, 2.75) is 39.7 Å². The number of nitrogens with zero attached hydrogens (tertiary/aromatic N) is 1. The molecule has 114 valence electrons. The summed E-state index contributed by atoms with van der Waals surface area (Å²) in [4.78, 5) is 4.74. The van der Waals surface area contributed by atoms with Gasteiger partial charge in [0, 0.05) is 30.0 Å². The van der Waals surface area contributed by atoms with Crippen molar-refractivity contribution in [2.24, 2.45) is 0 Å². The third kappa shape index (κ3) is 4.55. The van der Waals surface area contributed by atoms with Crippen LogP contribution < -0.4 is 10.1 Å². The zero-order chi connectivity index (χ0) is 15.1. The van der Waals surface area contributed by atoms with Gasteiger partial charge in [0.05, 0.1) is 17.3 Å². The summed E-state index contributed by atoms with van der Waals surface area (Å²) < 4.78 is 5.68. The van der Waals surface area contributed by atoms with Crippen molar-refractivity contribution in [1.29, 1.82) is 0 Å². The average molecular weight is 304 g/mol. The van der Waals surface area contributed by atoms with Gasteiger partial charge in [-0.3, -0.25) is 0 Å². The van der Waals surface area contributed by atoms with Gasteiger partial charge in [-0.1, -0.05) is 19.1 Å². The van der Waals surface area contributed by atoms with Crippen LogP contribution in [0.2, 0.25) is 0 Å². The van der Waals surface area contributed by atoms with Gasteiger partial charge in [0.15, 0.2) is 0 Å². The van der Waals surface area contributed by atoms with Crippen molar-refractivity contribution in [3.63, 3.8) is 0 Å². The molecule has 0 saturated heterocycles. The van der Waals surface area contributed by atoms with Gasteiger partial charge in [0.2, 0.25) is 0 Å². The number of hydrogen-bond acceptors (Lipinski definition) is 4. The summed E-state index contributed by atoms with van der Waals surface area (Å²) in [5, 5.41) is 6.80. The number of para-hydroxylation sites is 1. The first-order chi connectivity index (χ1) is 10.2. The highest BCUT2D eigenvalue weighted by molar-refractivity contribution is 7.09. The highest BCUT2D eigenvalue weighted by atomic mass is 32.1. The standard InChI is InChI=1S/C17H24N2OS/c1-4-13(3)18-11-10-17-19-15(12-21-17)14-8-6-7-9-16(14)20-5-2/h6-9,12-13,18H,4-5,10-11H2,1-3H3. The molecule has 1 atom stereocenters. The molecule has 0 saturated carbocycles. The Hall–Kier alpha value is -1.39. The molecule has 0 radical (unpaired) electrons. The van der Waals surface area contributed by atoms with Gasteiger partial charge >= 0.3 is 0 Å². The highest BCUT2D eigenvalue weighted by Crippen LogP contribution is 2.30. The first-order valence-corrected chi connectivity index (χ1v) is 8.52. The lowest BCUT2D eigenvalue weighted by Crippen LogP contribution is -2.27. The van der Waals surface area contributed by atoms with Crippen LogP contribution in [0.4, 0.5) is 0 Å². The third-order valence-electron chi connectivity index (χ3n) is 3.46. The fraction of sp³-hybridized carbons (Fsp3) is 0.471. The maximum Gasteiger partial charge on any atom is 0.128 e. The number of aromatic nitrogens is 1. The third-order valence-corrected chi connectivity index (χ3v) is 4.37. The van der Waals surface area contributed by atoms with Gasteiger partial charge in [-0.2, -0.15) is 0 Å². The van der Waals surface area contributed by atoms with Crippen LogP contribution in [0.5, 0.6) is 5.75 Å². The minimum absolute atomic E-state index is 0.572. The van der Waals surface area contributed by atoms with E-state index < -0.39 is 0 Å². The smallest absolute Gasteiger partial charge is 0.128 e. The second-order valence-corrected chi connectivity index (χ2v) is 6.01. The molecule has 0 aliphatic carbocycles. The Kier molecular flexibility index (Phi) is 6.21. The molecular formula is C17H24N2OS. The monoisotopic (exact) mass is 304 g/mol. The largest absolute Gasteiger partial charge is 0.493 e. The van der Waals surface area contributed by atoms with Gasteiger partial charge in [0.1, 0.15) is 5.75 Å². The molecule has 0 spiro atoms. The van der Waals surface area contributed by atoms with E-state index in [-0.39, 0.29) is 0 Å². The quantitative estimate of drug-likeness (QED) is 0.796. The molecule has 0 fully saturated rings. The van der Waals surface area contributed by atoms with E-state index >= 15 is 0 Å². The van der Waals surface area contributed by atoms with Crippen molar-refractivity contribution < 1.29 is 4.74 Å². The molecule has 2 rings (SSSR count). The summed E-state index contributed by atoms with van der Waals surface area (Å²) in [6, 6.07) is 8.67. The lowest BCUT2D eigenvalue weighted by Gasteiger charge is -2.09. The summed E-state index contributed by atoms with van der Waals surface area (Å²) in [6.45, 7) is 8.07. The average Bonchev–Trinajstić information content (AvgIpc) is 2.96. The number of thiazole rings is 1. The Morgan fingerprint density at radius 2 is 2.10 bits per heavy atom. The summed E-state index contributed by atoms with van der Waals surface area (Å²) in [5.74, 6) is 0.912. The van der Waals surface area contributed by atoms with E-state index in [0.29, 0.717) is 12.6 Å². The van der Waals surface area contributed by atoms with E-state index in [1.54, 1.807) is 11.3 Å². The van der Waals surface area contributed by atoms with E-state index in [1.165, 1.54) is 5.01 Å². The molecular weight excluding hydrogens is 280 g/mol. The van der Waals surface area contributed by atoms with Crippen LogP contribution in [-0.2, 0) is 6.42 Å². The fourth-order valence-corrected chi connectivity index (χ4v) is 2.88. The molecule has 0 amide bonds. The van der Waals surface area contributed by atoms with Crippen molar-refractivity contribution >= 4 is 11.3 Å². The molecule has 0 aliphatic rings. The van der Waals surface area contributed by atoms with Crippen LogP contribution >= 0.6 is 11.3 Å². The summed E-state index contributed by atoms with van der Waals surface area (Å²) in [7, 11) is 0. The van der Waals surface area contributed by atoms with E-state index in [9.17, 15) is 0 Å². The Labute approximate surface area is 131 Å².